The fraction of sp³-hybridized carbons (Fsp3) is 0.333. The summed E-state index contributed by atoms with van der Waals surface area (Å²) in [5.41, 5.74) is 1.99. The highest BCUT2D eigenvalue weighted by Crippen LogP contribution is 2.14. The molecule has 0 aliphatic rings. The van der Waals surface area contributed by atoms with E-state index in [1.807, 2.05) is 30.3 Å². The Labute approximate surface area is 108 Å². The maximum absolute atomic E-state index is 10.9. The molecule has 1 amide bonds. The van der Waals surface area contributed by atoms with E-state index in [-0.39, 0.29) is 11.7 Å². The van der Waals surface area contributed by atoms with Gasteiger partial charge in [0.15, 0.2) is 5.78 Å². The Hall–Kier alpha value is -1.90. The molecule has 3 nitrogen and oxygen atoms in total. The van der Waals surface area contributed by atoms with Crippen molar-refractivity contribution in [3.8, 4) is 0 Å². The zero-order valence-electron chi connectivity index (χ0n) is 11.1. The highest BCUT2D eigenvalue weighted by Gasteiger charge is 2.01. The first-order valence-corrected chi connectivity index (χ1v) is 6.02. The standard InChI is InChI=1S/C15H19NO2/c1-11(4-5-12(2)17)10-14-6-8-15(9-7-14)16-13(3)18/h4-9,11H,10H2,1-3H3,(H,16,18)/b5-4+. The molecule has 1 aromatic carbocycles. The van der Waals surface area contributed by atoms with E-state index in [0.717, 1.165) is 12.1 Å². The number of carbonyl (C=O) groups is 2. The lowest BCUT2D eigenvalue weighted by Gasteiger charge is -2.07. The SMILES string of the molecule is CC(=O)/C=C/C(C)Cc1ccc(NC(C)=O)cc1. The van der Waals surface area contributed by atoms with E-state index < -0.39 is 0 Å². The molecule has 96 valence electrons. The molecule has 0 saturated carbocycles. The number of carbonyl (C=O) groups excluding carboxylic acids is 2. The third kappa shape index (κ3) is 5.43. The molecule has 1 rings (SSSR count). The van der Waals surface area contributed by atoms with E-state index in [1.165, 1.54) is 12.5 Å². The van der Waals surface area contributed by atoms with Crippen molar-refractivity contribution < 1.29 is 9.59 Å². The van der Waals surface area contributed by atoms with Gasteiger partial charge in [-0.15, -0.1) is 0 Å². The zero-order valence-corrected chi connectivity index (χ0v) is 11.1. The summed E-state index contributed by atoms with van der Waals surface area (Å²) in [6.07, 6.45) is 4.41. The normalized spacial score (nSPS) is 12.4. The Morgan fingerprint density at radius 2 is 1.83 bits per heavy atom. The molecule has 0 bridgehead atoms. The van der Waals surface area contributed by atoms with Crippen molar-refractivity contribution in [2.24, 2.45) is 5.92 Å². The summed E-state index contributed by atoms with van der Waals surface area (Å²) in [7, 11) is 0. The van der Waals surface area contributed by atoms with Crippen LogP contribution in [-0.2, 0) is 16.0 Å². The monoisotopic (exact) mass is 245 g/mol. The van der Waals surface area contributed by atoms with Gasteiger partial charge < -0.3 is 5.32 Å². The van der Waals surface area contributed by atoms with Gasteiger partial charge in [-0.2, -0.15) is 0 Å². The zero-order chi connectivity index (χ0) is 13.5. The summed E-state index contributed by atoms with van der Waals surface area (Å²) < 4.78 is 0. The molecule has 0 radical (unpaired) electrons. The quantitative estimate of drug-likeness (QED) is 0.811. The average molecular weight is 245 g/mol. The first-order valence-electron chi connectivity index (χ1n) is 6.02. The molecule has 1 atom stereocenters. The summed E-state index contributed by atoms with van der Waals surface area (Å²) in [4.78, 5) is 21.7. The van der Waals surface area contributed by atoms with E-state index in [2.05, 4.69) is 12.2 Å². The summed E-state index contributed by atoms with van der Waals surface area (Å²) in [6.45, 7) is 5.11. The van der Waals surface area contributed by atoms with Gasteiger partial charge >= 0.3 is 0 Å². The second-order valence-corrected chi connectivity index (χ2v) is 4.53. The van der Waals surface area contributed by atoms with Crippen LogP contribution in [0, 0.1) is 5.92 Å². The van der Waals surface area contributed by atoms with E-state index in [9.17, 15) is 9.59 Å². The number of hydrogen-bond acceptors (Lipinski definition) is 2. The summed E-state index contributed by atoms with van der Waals surface area (Å²) in [5.74, 6) is 0.323. The van der Waals surface area contributed by atoms with Crippen molar-refractivity contribution in [3.63, 3.8) is 0 Å². The number of allylic oxidation sites excluding steroid dienone is 2. The molecule has 0 aromatic heterocycles. The molecular formula is C15H19NO2. The molecule has 0 aliphatic heterocycles. The smallest absolute Gasteiger partial charge is 0.221 e. The molecule has 1 unspecified atom stereocenters. The molecule has 3 heteroatoms. The number of ketones is 1. The first-order chi connectivity index (χ1) is 8.47. The van der Waals surface area contributed by atoms with Crippen LogP contribution in [0.15, 0.2) is 36.4 Å². The third-order valence-electron chi connectivity index (χ3n) is 2.49. The van der Waals surface area contributed by atoms with Gasteiger partial charge in [-0.05, 0) is 43.0 Å². The third-order valence-corrected chi connectivity index (χ3v) is 2.49. The Morgan fingerprint density at radius 1 is 1.22 bits per heavy atom. The number of hydrogen-bond donors (Lipinski definition) is 1. The molecule has 18 heavy (non-hydrogen) atoms. The van der Waals surface area contributed by atoms with Crippen LogP contribution in [-0.4, -0.2) is 11.7 Å². The topological polar surface area (TPSA) is 46.2 Å². The van der Waals surface area contributed by atoms with Gasteiger partial charge in [-0.3, -0.25) is 9.59 Å². The number of benzene rings is 1. The molecule has 1 aromatic rings. The predicted molar refractivity (Wildman–Crippen MR) is 73.4 cm³/mol. The summed E-state index contributed by atoms with van der Waals surface area (Å²) in [5, 5.41) is 2.73. The lowest BCUT2D eigenvalue weighted by Crippen LogP contribution is -2.05. The second-order valence-electron chi connectivity index (χ2n) is 4.53. The van der Waals surface area contributed by atoms with Crippen LogP contribution in [0.3, 0.4) is 0 Å². The lowest BCUT2D eigenvalue weighted by atomic mass is 10.00. The van der Waals surface area contributed by atoms with Gasteiger partial charge in [0.2, 0.25) is 5.91 Å². The highest BCUT2D eigenvalue weighted by atomic mass is 16.1. The fourth-order valence-corrected chi connectivity index (χ4v) is 1.67. The van der Waals surface area contributed by atoms with Crippen molar-refractivity contribution in [3.05, 3.63) is 42.0 Å². The molecule has 1 N–H and O–H groups in total. The van der Waals surface area contributed by atoms with Crippen molar-refractivity contribution in [2.75, 3.05) is 5.32 Å². The molecule has 0 heterocycles. The maximum Gasteiger partial charge on any atom is 0.221 e. The van der Waals surface area contributed by atoms with Crippen LogP contribution in [0.2, 0.25) is 0 Å². The van der Waals surface area contributed by atoms with Gasteiger partial charge in [0.1, 0.15) is 0 Å². The Kier molecular flexibility index (Phi) is 5.31. The van der Waals surface area contributed by atoms with Crippen LogP contribution >= 0.6 is 0 Å². The Bertz CT molecular complexity index is 446. The van der Waals surface area contributed by atoms with E-state index >= 15 is 0 Å². The van der Waals surface area contributed by atoms with Gasteiger partial charge in [0.05, 0.1) is 0 Å². The largest absolute Gasteiger partial charge is 0.326 e. The highest BCUT2D eigenvalue weighted by molar-refractivity contribution is 5.88. The number of amides is 1. The molecule has 0 fully saturated rings. The number of rotatable bonds is 5. The summed E-state index contributed by atoms with van der Waals surface area (Å²) >= 11 is 0. The first kappa shape index (κ1) is 14.2. The number of nitrogens with one attached hydrogen (secondary N) is 1. The van der Waals surface area contributed by atoms with E-state index in [0.29, 0.717) is 5.92 Å². The van der Waals surface area contributed by atoms with Crippen molar-refractivity contribution in [2.45, 2.75) is 27.2 Å². The van der Waals surface area contributed by atoms with E-state index in [1.54, 1.807) is 13.0 Å². The van der Waals surface area contributed by atoms with E-state index in [4.69, 9.17) is 0 Å². The lowest BCUT2D eigenvalue weighted by molar-refractivity contribution is -0.114. The Balaban J connectivity index is 2.58. The van der Waals surface area contributed by atoms with Crippen LogP contribution in [0.4, 0.5) is 5.69 Å². The molecule has 0 saturated heterocycles. The molecular weight excluding hydrogens is 226 g/mol. The minimum Gasteiger partial charge on any atom is -0.326 e. The van der Waals surface area contributed by atoms with Crippen molar-refractivity contribution in [1.82, 2.24) is 0 Å². The Morgan fingerprint density at radius 3 is 2.33 bits per heavy atom. The van der Waals surface area contributed by atoms with Gasteiger partial charge in [-0.25, -0.2) is 0 Å². The second kappa shape index (κ2) is 6.74. The maximum atomic E-state index is 10.9. The van der Waals surface area contributed by atoms with Gasteiger partial charge in [-0.1, -0.05) is 25.1 Å². The molecule has 0 aliphatic carbocycles. The van der Waals surface area contributed by atoms with Crippen LogP contribution in [0.1, 0.15) is 26.3 Å². The predicted octanol–water partition coefficient (Wildman–Crippen LogP) is 2.97. The van der Waals surface area contributed by atoms with Crippen molar-refractivity contribution in [1.29, 1.82) is 0 Å². The van der Waals surface area contributed by atoms with Gasteiger partial charge in [0.25, 0.3) is 0 Å². The fourth-order valence-electron chi connectivity index (χ4n) is 1.67. The van der Waals surface area contributed by atoms with Crippen LogP contribution in [0.25, 0.3) is 0 Å². The van der Waals surface area contributed by atoms with Crippen LogP contribution in [0.5, 0.6) is 0 Å². The van der Waals surface area contributed by atoms with Gasteiger partial charge in [0, 0.05) is 12.6 Å². The average Bonchev–Trinajstić information content (AvgIpc) is 2.28. The van der Waals surface area contributed by atoms with Crippen molar-refractivity contribution >= 4 is 17.4 Å². The number of anilines is 1. The molecule has 0 spiro atoms. The summed E-state index contributed by atoms with van der Waals surface area (Å²) in [6, 6.07) is 7.75. The minimum absolute atomic E-state index is 0.0690. The minimum atomic E-state index is -0.0690. The van der Waals surface area contributed by atoms with Crippen LogP contribution < -0.4 is 5.32 Å².